The topological polar surface area (TPSA) is 68.0 Å². The van der Waals surface area contributed by atoms with Gasteiger partial charge >= 0.3 is 12.0 Å². The number of guanidine groups is 1. The second kappa shape index (κ2) is 6.46. The highest BCUT2D eigenvalue weighted by molar-refractivity contribution is 6.22. The Bertz CT molecular complexity index is 538. The molecular formula is C15H26N5O2+. The molecule has 2 rings (SSSR count). The van der Waals surface area contributed by atoms with E-state index in [2.05, 4.69) is 31.1 Å². The van der Waals surface area contributed by atoms with Gasteiger partial charge < -0.3 is 0 Å². The summed E-state index contributed by atoms with van der Waals surface area (Å²) in [6.45, 7) is 7.92. The second-order valence-electron chi connectivity index (χ2n) is 6.24. The first-order valence-electron chi connectivity index (χ1n) is 7.89. The molecular weight excluding hydrogens is 282 g/mol. The summed E-state index contributed by atoms with van der Waals surface area (Å²) in [6.07, 6.45) is 1.94. The molecule has 0 bridgehead atoms. The molecule has 1 fully saturated rings. The SMILES string of the molecule is CCCNC1=[N+](CCC(C)C)C2C(=O)N(C)C(=O)N(C)C2=N1. The summed E-state index contributed by atoms with van der Waals surface area (Å²) in [5.74, 6) is 1.55. The maximum atomic E-state index is 12.6. The van der Waals surface area contributed by atoms with Crippen molar-refractivity contribution in [1.82, 2.24) is 15.1 Å². The standard InChI is InChI=1S/C15H25N5O2/c1-6-8-16-14-17-12-11(20(14)9-7-10(2)3)13(21)19(5)15(22)18(12)4/h10-11H,6-9H2,1-5H3/p+1. The number of imide groups is 1. The third kappa shape index (κ3) is 2.84. The van der Waals surface area contributed by atoms with Gasteiger partial charge in [0.1, 0.15) is 0 Å². The number of hydrogen-bond acceptors (Lipinski definition) is 4. The number of hydrogen-bond donors (Lipinski definition) is 1. The minimum absolute atomic E-state index is 0.209. The minimum Gasteiger partial charge on any atom is -0.275 e. The van der Waals surface area contributed by atoms with Crippen molar-refractivity contribution in [2.24, 2.45) is 10.9 Å². The monoisotopic (exact) mass is 308 g/mol. The van der Waals surface area contributed by atoms with Gasteiger partial charge in [-0.3, -0.25) is 19.9 Å². The molecule has 2 heterocycles. The molecule has 0 aromatic heterocycles. The number of nitrogens with one attached hydrogen (secondary N) is 1. The number of amidine groups is 1. The summed E-state index contributed by atoms with van der Waals surface area (Å²) in [4.78, 5) is 31.8. The van der Waals surface area contributed by atoms with E-state index in [1.165, 1.54) is 16.8 Å². The molecule has 1 saturated heterocycles. The first kappa shape index (κ1) is 16.5. The maximum Gasteiger partial charge on any atom is 0.390 e. The molecule has 2 aliphatic heterocycles. The zero-order chi connectivity index (χ0) is 16.4. The van der Waals surface area contributed by atoms with E-state index in [4.69, 9.17) is 0 Å². The zero-order valence-electron chi connectivity index (χ0n) is 14.1. The molecule has 0 radical (unpaired) electrons. The highest BCUT2D eigenvalue weighted by atomic mass is 16.2. The van der Waals surface area contributed by atoms with E-state index in [-0.39, 0.29) is 11.9 Å². The molecule has 2 aliphatic rings. The Balaban J connectivity index is 2.34. The number of fused-ring (bicyclic) bond motifs is 1. The van der Waals surface area contributed by atoms with Crippen LogP contribution in [0.15, 0.2) is 4.99 Å². The molecule has 0 saturated carbocycles. The van der Waals surface area contributed by atoms with Gasteiger partial charge in [0.25, 0.3) is 5.91 Å². The van der Waals surface area contributed by atoms with Crippen molar-refractivity contribution >= 4 is 23.7 Å². The van der Waals surface area contributed by atoms with Crippen LogP contribution in [0.3, 0.4) is 0 Å². The van der Waals surface area contributed by atoms with Crippen molar-refractivity contribution in [3.8, 4) is 0 Å². The highest BCUT2D eigenvalue weighted by Crippen LogP contribution is 2.19. The summed E-state index contributed by atoms with van der Waals surface area (Å²) in [5, 5.41) is 3.28. The summed E-state index contributed by atoms with van der Waals surface area (Å²) in [5.41, 5.74) is 0. The van der Waals surface area contributed by atoms with Gasteiger partial charge in [0.05, 0.1) is 13.1 Å². The van der Waals surface area contributed by atoms with Crippen molar-refractivity contribution < 1.29 is 14.2 Å². The summed E-state index contributed by atoms with van der Waals surface area (Å²) >= 11 is 0. The largest absolute Gasteiger partial charge is 0.390 e. The average molecular weight is 308 g/mol. The lowest BCUT2D eigenvalue weighted by Crippen LogP contribution is -2.61. The van der Waals surface area contributed by atoms with Gasteiger partial charge in [-0.25, -0.2) is 9.37 Å². The number of urea groups is 1. The molecule has 0 aliphatic carbocycles. The third-order valence-corrected chi connectivity index (χ3v) is 4.01. The Kier molecular flexibility index (Phi) is 4.83. The number of rotatable bonds is 5. The van der Waals surface area contributed by atoms with Gasteiger partial charge in [-0.1, -0.05) is 25.8 Å². The van der Waals surface area contributed by atoms with Crippen LogP contribution in [0.4, 0.5) is 4.79 Å². The lowest BCUT2D eigenvalue weighted by molar-refractivity contribution is -0.538. The highest BCUT2D eigenvalue weighted by Gasteiger charge is 2.51. The summed E-state index contributed by atoms with van der Waals surface area (Å²) in [6, 6.07) is -0.827. The van der Waals surface area contributed by atoms with Crippen molar-refractivity contribution in [3.05, 3.63) is 0 Å². The second-order valence-corrected chi connectivity index (χ2v) is 6.24. The van der Waals surface area contributed by atoms with E-state index in [1.807, 2.05) is 4.58 Å². The van der Waals surface area contributed by atoms with E-state index >= 15 is 0 Å². The molecule has 3 amide bonds. The third-order valence-electron chi connectivity index (χ3n) is 4.01. The lowest BCUT2D eigenvalue weighted by atomic mass is 10.1. The number of nitrogens with zero attached hydrogens (tertiary/aromatic N) is 4. The normalized spacial score (nSPS) is 21.7. The van der Waals surface area contributed by atoms with Gasteiger partial charge in [0, 0.05) is 14.1 Å². The van der Waals surface area contributed by atoms with Crippen LogP contribution in [0.5, 0.6) is 0 Å². The van der Waals surface area contributed by atoms with Gasteiger partial charge in [-0.2, -0.15) is 0 Å². The molecule has 7 nitrogen and oxygen atoms in total. The molecule has 122 valence electrons. The number of amides is 3. The number of carbonyl (C=O) groups excluding carboxylic acids is 2. The van der Waals surface area contributed by atoms with Crippen LogP contribution in [0, 0.1) is 5.92 Å². The molecule has 1 unspecified atom stereocenters. The Labute approximate surface area is 131 Å². The van der Waals surface area contributed by atoms with Crippen LogP contribution in [-0.4, -0.2) is 71.3 Å². The van der Waals surface area contributed by atoms with Crippen LogP contribution in [0.2, 0.25) is 0 Å². The lowest BCUT2D eigenvalue weighted by Gasteiger charge is -2.31. The predicted molar refractivity (Wildman–Crippen MR) is 85.0 cm³/mol. The van der Waals surface area contributed by atoms with Crippen molar-refractivity contribution in [2.45, 2.75) is 39.7 Å². The van der Waals surface area contributed by atoms with Crippen LogP contribution in [-0.2, 0) is 4.79 Å². The van der Waals surface area contributed by atoms with E-state index in [0.29, 0.717) is 17.7 Å². The molecule has 22 heavy (non-hydrogen) atoms. The van der Waals surface area contributed by atoms with Crippen molar-refractivity contribution in [3.63, 3.8) is 0 Å². The van der Waals surface area contributed by atoms with Crippen LogP contribution in [0.1, 0.15) is 33.6 Å². The molecule has 1 N–H and O–H groups in total. The van der Waals surface area contributed by atoms with Crippen molar-refractivity contribution in [1.29, 1.82) is 0 Å². The van der Waals surface area contributed by atoms with Gasteiger partial charge in [0.15, 0.2) is 0 Å². The fourth-order valence-electron chi connectivity index (χ4n) is 2.61. The van der Waals surface area contributed by atoms with Crippen LogP contribution < -0.4 is 5.32 Å². The van der Waals surface area contributed by atoms with Gasteiger partial charge in [-0.15, -0.1) is 0 Å². The Morgan fingerprint density at radius 1 is 1.27 bits per heavy atom. The molecule has 0 aromatic rings. The fourth-order valence-corrected chi connectivity index (χ4v) is 2.61. The minimum atomic E-state index is -0.495. The quantitative estimate of drug-likeness (QED) is 0.760. The molecule has 0 spiro atoms. The predicted octanol–water partition coefficient (Wildman–Crippen LogP) is 0.705. The average Bonchev–Trinajstić information content (AvgIpc) is 2.85. The molecule has 7 heteroatoms. The first-order valence-corrected chi connectivity index (χ1v) is 7.89. The number of carbonyl (C=O) groups is 2. The first-order chi connectivity index (χ1) is 10.4. The Hall–Kier alpha value is -1.92. The fraction of sp³-hybridized carbons (Fsp3) is 0.733. The molecule has 1 atom stereocenters. The molecule has 0 aromatic carbocycles. The van der Waals surface area contributed by atoms with Gasteiger partial charge in [-0.05, 0) is 18.8 Å². The van der Waals surface area contributed by atoms with E-state index in [9.17, 15) is 9.59 Å². The summed E-state index contributed by atoms with van der Waals surface area (Å²) in [7, 11) is 3.19. The Morgan fingerprint density at radius 2 is 1.95 bits per heavy atom. The number of likely N-dealkylation sites (N-methyl/N-ethyl adjacent to an activating group) is 2. The van der Waals surface area contributed by atoms with E-state index in [0.717, 1.165) is 25.9 Å². The van der Waals surface area contributed by atoms with Crippen LogP contribution in [0.25, 0.3) is 0 Å². The zero-order valence-corrected chi connectivity index (χ0v) is 14.1. The van der Waals surface area contributed by atoms with E-state index in [1.54, 1.807) is 7.05 Å². The van der Waals surface area contributed by atoms with Gasteiger partial charge in [0.2, 0.25) is 11.9 Å². The maximum absolute atomic E-state index is 12.6. The number of aliphatic imine (C=N–C) groups is 1. The Morgan fingerprint density at radius 3 is 2.55 bits per heavy atom. The van der Waals surface area contributed by atoms with Crippen molar-refractivity contribution in [2.75, 3.05) is 27.2 Å². The van der Waals surface area contributed by atoms with Crippen LogP contribution >= 0.6 is 0 Å². The van der Waals surface area contributed by atoms with E-state index < -0.39 is 6.04 Å². The summed E-state index contributed by atoms with van der Waals surface area (Å²) < 4.78 is 1.99. The smallest absolute Gasteiger partial charge is 0.275 e.